The summed E-state index contributed by atoms with van der Waals surface area (Å²) < 4.78 is 10.6. The standard InChI is InChI=1S/C15H20Cl2O2/c1-15(6-4-5-7-15)14(17)10-8-12(18-2)13(19-3)9-11(10)16/h8-9,14H,4-7H2,1-3H3. The highest BCUT2D eigenvalue weighted by atomic mass is 35.5. The molecule has 1 aromatic carbocycles. The normalized spacial score (nSPS) is 19.2. The Labute approximate surface area is 125 Å². The van der Waals surface area contributed by atoms with Crippen molar-refractivity contribution in [3.05, 3.63) is 22.7 Å². The molecule has 0 N–H and O–H groups in total. The fourth-order valence-corrected chi connectivity index (χ4v) is 3.59. The van der Waals surface area contributed by atoms with Crippen LogP contribution < -0.4 is 9.47 Å². The van der Waals surface area contributed by atoms with Crippen LogP contribution in [-0.4, -0.2) is 14.2 Å². The first-order valence-corrected chi connectivity index (χ1v) is 7.39. The van der Waals surface area contributed by atoms with Crippen LogP contribution >= 0.6 is 23.2 Å². The van der Waals surface area contributed by atoms with E-state index in [9.17, 15) is 0 Å². The van der Waals surface area contributed by atoms with Crippen LogP contribution in [0.3, 0.4) is 0 Å². The second-order valence-corrected chi connectivity index (χ2v) is 6.30. The van der Waals surface area contributed by atoms with E-state index in [4.69, 9.17) is 32.7 Å². The molecule has 0 heterocycles. The Morgan fingerprint density at radius 2 is 1.63 bits per heavy atom. The second-order valence-electron chi connectivity index (χ2n) is 5.45. The zero-order valence-corrected chi connectivity index (χ0v) is 13.1. The zero-order valence-electron chi connectivity index (χ0n) is 11.6. The third-order valence-electron chi connectivity index (χ3n) is 4.13. The van der Waals surface area contributed by atoms with E-state index >= 15 is 0 Å². The molecule has 4 heteroatoms. The SMILES string of the molecule is COc1cc(Cl)c(C(Cl)C2(C)CCCC2)cc1OC. The summed E-state index contributed by atoms with van der Waals surface area (Å²) in [6.45, 7) is 2.24. The maximum Gasteiger partial charge on any atom is 0.162 e. The fraction of sp³-hybridized carbons (Fsp3) is 0.600. The highest BCUT2D eigenvalue weighted by molar-refractivity contribution is 6.33. The summed E-state index contributed by atoms with van der Waals surface area (Å²) in [5, 5.41) is 0.549. The summed E-state index contributed by atoms with van der Waals surface area (Å²) >= 11 is 13.1. The van der Waals surface area contributed by atoms with Crippen molar-refractivity contribution in [3.63, 3.8) is 0 Å². The fourth-order valence-electron chi connectivity index (χ4n) is 2.88. The molecule has 1 saturated carbocycles. The minimum atomic E-state index is -0.0951. The lowest BCUT2D eigenvalue weighted by atomic mass is 9.81. The van der Waals surface area contributed by atoms with Crippen LogP contribution in [0, 0.1) is 5.41 Å². The van der Waals surface area contributed by atoms with Crippen LogP contribution in [-0.2, 0) is 0 Å². The minimum Gasteiger partial charge on any atom is -0.493 e. The van der Waals surface area contributed by atoms with Gasteiger partial charge in [-0.1, -0.05) is 31.4 Å². The van der Waals surface area contributed by atoms with Crippen LogP contribution in [0.2, 0.25) is 5.02 Å². The van der Waals surface area contributed by atoms with Crippen molar-refractivity contribution in [1.29, 1.82) is 0 Å². The van der Waals surface area contributed by atoms with E-state index in [1.807, 2.05) is 6.07 Å². The molecule has 1 unspecified atom stereocenters. The Morgan fingerprint density at radius 3 is 2.16 bits per heavy atom. The molecule has 0 amide bonds. The lowest BCUT2D eigenvalue weighted by Crippen LogP contribution is -2.18. The molecule has 1 atom stereocenters. The van der Waals surface area contributed by atoms with Gasteiger partial charge in [-0.15, -0.1) is 11.6 Å². The van der Waals surface area contributed by atoms with Gasteiger partial charge in [0.05, 0.1) is 19.6 Å². The number of hydrogen-bond donors (Lipinski definition) is 0. The number of hydrogen-bond acceptors (Lipinski definition) is 2. The van der Waals surface area contributed by atoms with Gasteiger partial charge in [0.2, 0.25) is 0 Å². The van der Waals surface area contributed by atoms with E-state index in [1.54, 1.807) is 20.3 Å². The third-order valence-corrected chi connectivity index (χ3v) is 5.22. The Morgan fingerprint density at radius 1 is 1.11 bits per heavy atom. The summed E-state index contributed by atoms with van der Waals surface area (Å²) in [6, 6.07) is 3.69. The number of rotatable bonds is 4. The van der Waals surface area contributed by atoms with Gasteiger partial charge >= 0.3 is 0 Å². The highest BCUT2D eigenvalue weighted by Gasteiger charge is 2.38. The maximum absolute atomic E-state index is 6.70. The van der Waals surface area contributed by atoms with E-state index in [0.717, 1.165) is 18.4 Å². The summed E-state index contributed by atoms with van der Waals surface area (Å²) in [5.74, 6) is 1.31. The largest absolute Gasteiger partial charge is 0.493 e. The number of halogens is 2. The molecule has 0 aromatic heterocycles. The predicted molar refractivity (Wildman–Crippen MR) is 79.7 cm³/mol. The molecule has 0 bridgehead atoms. The van der Waals surface area contributed by atoms with Gasteiger partial charge < -0.3 is 9.47 Å². The molecule has 19 heavy (non-hydrogen) atoms. The lowest BCUT2D eigenvalue weighted by molar-refractivity contribution is 0.319. The molecule has 0 saturated heterocycles. The molecule has 0 aliphatic heterocycles. The van der Waals surface area contributed by atoms with E-state index in [2.05, 4.69) is 6.92 Å². The summed E-state index contributed by atoms with van der Waals surface area (Å²) in [6.07, 6.45) is 4.77. The van der Waals surface area contributed by atoms with Crippen LogP contribution in [0.1, 0.15) is 43.5 Å². The van der Waals surface area contributed by atoms with E-state index < -0.39 is 0 Å². The minimum absolute atomic E-state index is 0.0951. The van der Waals surface area contributed by atoms with Gasteiger partial charge in [0.15, 0.2) is 11.5 Å². The monoisotopic (exact) mass is 302 g/mol. The molecule has 0 radical (unpaired) electrons. The Kier molecular flexibility index (Phi) is 4.52. The lowest BCUT2D eigenvalue weighted by Gasteiger charge is -2.30. The van der Waals surface area contributed by atoms with Gasteiger partial charge in [-0.3, -0.25) is 0 Å². The van der Waals surface area contributed by atoms with E-state index in [1.165, 1.54) is 12.8 Å². The number of alkyl halides is 1. The molecule has 1 aromatic rings. The first-order chi connectivity index (χ1) is 9.01. The van der Waals surface area contributed by atoms with Gasteiger partial charge in [-0.2, -0.15) is 0 Å². The first kappa shape index (κ1) is 14.8. The van der Waals surface area contributed by atoms with Gasteiger partial charge in [0, 0.05) is 11.1 Å². The number of benzene rings is 1. The third kappa shape index (κ3) is 2.80. The van der Waals surface area contributed by atoms with E-state index in [-0.39, 0.29) is 10.8 Å². The molecule has 1 fully saturated rings. The molecule has 1 aliphatic carbocycles. The maximum atomic E-state index is 6.70. The smallest absolute Gasteiger partial charge is 0.162 e. The van der Waals surface area contributed by atoms with Gasteiger partial charge in [0.1, 0.15) is 0 Å². The molecular formula is C15H20Cl2O2. The van der Waals surface area contributed by atoms with Crippen LogP contribution in [0.5, 0.6) is 11.5 Å². The Hall–Kier alpha value is -0.600. The van der Waals surface area contributed by atoms with Crippen LogP contribution in [0.25, 0.3) is 0 Å². The Bertz CT molecular complexity index is 454. The van der Waals surface area contributed by atoms with Crippen molar-refractivity contribution in [1.82, 2.24) is 0 Å². The molecule has 2 rings (SSSR count). The van der Waals surface area contributed by atoms with Gasteiger partial charge in [-0.25, -0.2) is 0 Å². The van der Waals surface area contributed by atoms with Gasteiger partial charge in [0.25, 0.3) is 0 Å². The van der Waals surface area contributed by atoms with Crippen molar-refractivity contribution in [2.45, 2.75) is 38.0 Å². The topological polar surface area (TPSA) is 18.5 Å². The molecular weight excluding hydrogens is 283 g/mol. The number of ether oxygens (including phenoxy) is 2. The first-order valence-electron chi connectivity index (χ1n) is 6.57. The summed E-state index contributed by atoms with van der Waals surface area (Å²) in [5.41, 5.74) is 1.05. The van der Waals surface area contributed by atoms with Crippen molar-refractivity contribution >= 4 is 23.2 Å². The van der Waals surface area contributed by atoms with Crippen molar-refractivity contribution in [3.8, 4) is 11.5 Å². The second kappa shape index (κ2) is 5.80. The van der Waals surface area contributed by atoms with Crippen molar-refractivity contribution in [2.24, 2.45) is 5.41 Å². The molecule has 2 nitrogen and oxygen atoms in total. The zero-order chi connectivity index (χ0) is 14.0. The van der Waals surface area contributed by atoms with E-state index in [0.29, 0.717) is 16.5 Å². The van der Waals surface area contributed by atoms with Gasteiger partial charge in [-0.05, 0) is 29.9 Å². The highest BCUT2D eigenvalue weighted by Crippen LogP contribution is 2.53. The average molecular weight is 303 g/mol. The Balaban J connectivity index is 2.38. The molecule has 0 spiro atoms. The van der Waals surface area contributed by atoms with Crippen LogP contribution in [0.15, 0.2) is 12.1 Å². The number of methoxy groups -OCH3 is 2. The van der Waals surface area contributed by atoms with Crippen molar-refractivity contribution < 1.29 is 9.47 Å². The molecule has 1 aliphatic rings. The summed E-state index contributed by atoms with van der Waals surface area (Å²) in [4.78, 5) is 0. The van der Waals surface area contributed by atoms with Crippen LogP contribution in [0.4, 0.5) is 0 Å². The predicted octanol–water partition coefficient (Wildman–Crippen LogP) is 5.22. The van der Waals surface area contributed by atoms with Crippen molar-refractivity contribution in [2.75, 3.05) is 14.2 Å². The average Bonchev–Trinajstić information content (AvgIpc) is 2.85. The summed E-state index contributed by atoms with van der Waals surface area (Å²) in [7, 11) is 3.22. The quantitative estimate of drug-likeness (QED) is 0.710. The molecule has 106 valence electrons.